The normalized spacial score (nSPS) is 28.4. The minimum absolute atomic E-state index is 0. The van der Waals surface area contributed by atoms with Crippen LogP contribution >= 0.6 is 12.4 Å². The van der Waals surface area contributed by atoms with Crippen LogP contribution < -0.4 is 11.3 Å². The molecule has 24 heavy (non-hydrogen) atoms. The minimum Gasteiger partial charge on any atom is -0.373 e. The summed E-state index contributed by atoms with van der Waals surface area (Å²) in [5.74, 6) is 3.42. The molecule has 1 heterocycles. The highest BCUT2D eigenvalue weighted by atomic mass is 35.5. The average Bonchev–Trinajstić information content (AvgIpc) is 3.25. The van der Waals surface area contributed by atoms with Crippen molar-refractivity contribution in [3.8, 4) is 0 Å². The largest absolute Gasteiger partial charge is 0.426 e. The Kier molecular flexibility index (Phi) is 5.84. The molecule has 0 radical (unpaired) electrons. The number of aliphatic hydroxyl groups is 1. The highest BCUT2D eigenvalue weighted by molar-refractivity contribution is 5.86. The van der Waals surface area contributed by atoms with Crippen LogP contribution in [0, 0.1) is 17.3 Å². The summed E-state index contributed by atoms with van der Waals surface area (Å²) in [6.45, 7) is 2.43. The molecule has 4 N–H and O–H groups in total. The highest BCUT2D eigenvalue weighted by Crippen LogP contribution is 2.56. The molecule has 1 saturated heterocycles. The van der Waals surface area contributed by atoms with Gasteiger partial charge in [0.05, 0.1) is 5.41 Å². The van der Waals surface area contributed by atoms with Crippen molar-refractivity contribution in [3.05, 3.63) is 0 Å². The number of nitrogens with zero attached hydrogens (tertiary/aromatic N) is 1. The third kappa shape index (κ3) is 3.34. The molecule has 1 aliphatic heterocycles. The van der Waals surface area contributed by atoms with Gasteiger partial charge in [-0.3, -0.25) is 15.0 Å². The van der Waals surface area contributed by atoms with Crippen molar-refractivity contribution in [1.29, 1.82) is 0 Å². The third-order valence-electron chi connectivity index (χ3n) is 5.24. The maximum absolute atomic E-state index is 12.8. The molecular weight excluding hydrogens is 351 g/mol. The van der Waals surface area contributed by atoms with E-state index in [1.165, 1.54) is 0 Å². The van der Waals surface area contributed by atoms with E-state index in [9.17, 15) is 27.9 Å². The summed E-state index contributed by atoms with van der Waals surface area (Å²) >= 11 is 0. The van der Waals surface area contributed by atoms with Gasteiger partial charge in [0, 0.05) is 13.1 Å². The lowest BCUT2D eigenvalue weighted by Crippen LogP contribution is -2.59. The Balaban J connectivity index is 0.00000288. The van der Waals surface area contributed by atoms with Gasteiger partial charge in [0.25, 0.3) is 5.91 Å². The van der Waals surface area contributed by atoms with Crippen molar-refractivity contribution in [1.82, 2.24) is 10.3 Å². The molecule has 0 aromatic carbocycles. The van der Waals surface area contributed by atoms with E-state index in [1.807, 2.05) is 0 Å². The van der Waals surface area contributed by atoms with Crippen LogP contribution in [0.25, 0.3) is 0 Å². The number of nitrogens with one attached hydrogen (secondary N) is 1. The lowest BCUT2D eigenvalue weighted by atomic mass is 9.74. The van der Waals surface area contributed by atoms with Gasteiger partial charge in [-0.05, 0) is 38.0 Å². The molecule has 2 fully saturated rings. The van der Waals surface area contributed by atoms with Gasteiger partial charge in [0.2, 0.25) is 11.5 Å². The zero-order valence-electron chi connectivity index (χ0n) is 13.5. The van der Waals surface area contributed by atoms with E-state index in [2.05, 4.69) is 5.43 Å². The molecule has 140 valence electrons. The lowest BCUT2D eigenvalue weighted by Gasteiger charge is -2.42. The van der Waals surface area contributed by atoms with E-state index in [4.69, 9.17) is 5.84 Å². The standard InChI is InChI=1S/C14H22F3N3O3.ClH/c1-8-7-20(11(22)12(2,23)14(15,16)17)6-3-9(8)13(4-5-13)10(21)19-18;/h8-9,23H,3-7,18H2,1-2H3,(H,19,21);1H. The van der Waals surface area contributed by atoms with Gasteiger partial charge in [-0.15, -0.1) is 12.4 Å². The van der Waals surface area contributed by atoms with Crippen LogP contribution in [0.5, 0.6) is 0 Å². The monoisotopic (exact) mass is 373 g/mol. The fourth-order valence-corrected chi connectivity index (χ4v) is 3.62. The number of likely N-dealkylation sites (tertiary alicyclic amines) is 1. The van der Waals surface area contributed by atoms with Crippen molar-refractivity contribution in [2.75, 3.05) is 13.1 Å². The van der Waals surface area contributed by atoms with Crippen LogP contribution in [0.2, 0.25) is 0 Å². The van der Waals surface area contributed by atoms with E-state index in [1.54, 1.807) is 6.92 Å². The molecule has 0 aromatic rings. The van der Waals surface area contributed by atoms with E-state index >= 15 is 0 Å². The van der Waals surface area contributed by atoms with Gasteiger partial charge in [-0.25, -0.2) is 5.84 Å². The number of carbonyl (C=O) groups excluding carboxylic acids is 2. The number of hydrogen-bond acceptors (Lipinski definition) is 4. The molecule has 1 saturated carbocycles. The molecule has 2 rings (SSSR count). The maximum atomic E-state index is 12.8. The zero-order chi connectivity index (χ0) is 17.6. The van der Waals surface area contributed by atoms with Crippen LogP contribution in [0.1, 0.15) is 33.1 Å². The molecular formula is C14H23ClF3N3O3. The first-order valence-electron chi connectivity index (χ1n) is 7.57. The fourth-order valence-electron chi connectivity index (χ4n) is 3.62. The Bertz CT molecular complexity index is 509. The lowest BCUT2D eigenvalue weighted by molar-refractivity contribution is -0.251. The molecule has 6 nitrogen and oxygen atoms in total. The predicted octanol–water partition coefficient (Wildman–Crippen LogP) is 0.976. The Labute approximate surface area is 144 Å². The number of piperidine rings is 1. The van der Waals surface area contributed by atoms with Gasteiger partial charge < -0.3 is 10.0 Å². The zero-order valence-corrected chi connectivity index (χ0v) is 14.3. The third-order valence-corrected chi connectivity index (χ3v) is 5.24. The predicted molar refractivity (Wildman–Crippen MR) is 81.8 cm³/mol. The van der Waals surface area contributed by atoms with Crippen LogP contribution in [0.15, 0.2) is 0 Å². The van der Waals surface area contributed by atoms with E-state index < -0.39 is 23.1 Å². The highest BCUT2D eigenvalue weighted by Gasteiger charge is 2.60. The van der Waals surface area contributed by atoms with Gasteiger partial charge in [0.15, 0.2) is 0 Å². The van der Waals surface area contributed by atoms with E-state index in [0.717, 1.165) is 4.90 Å². The summed E-state index contributed by atoms with van der Waals surface area (Å²) in [7, 11) is 0. The first kappa shape index (κ1) is 21.0. The Morgan fingerprint density at radius 1 is 1.33 bits per heavy atom. The summed E-state index contributed by atoms with van der Waals surface area (Å²) in [6, 6.07) is 0. The van der Waals surface area contributed by atoms with Gasteiger partial charge in [-0.1, -0.05) is 6.92 Å². The molecule has 0 bridgehead atoms. The second-order valence-corrected chi connectivity index (χ2v) is 6.82. The van der Waals surface area contributed by atoms with Gasteiger partial charge in [-0.2, -0.15) is 13.2 Å². The molecule has 0 spiro atoms. The van der Waals surface area contributed by atoms with E-state index in [-0.39, 0.29) is 43.2 Å². The Morgan fingerprint density at radius 3 is 2.25 bits per heavy atom. The van der Waals surface area contributed by atoms with Crippen LogP contribution in [0.4, 0.5) is 13.2 Å². The number of hydrazine groups is 1. The van der Waals surface area contributed by atoms with Crippen molar-refractivity contribution in [2.45, 2.75) is 44.9 Å². The second kappa shape index (κ2) is 6.68. The quantitative estimate of drug-likeness (QED) is 0.390. The number of amides is 2. The van der Waals surface area contributed by atoms with Crippen molar-refractivity contribution >= 4 is 24.2 Å². The van der Waals surface area contributed by atoms with Gasteiger partial charge in [0.1, 0.15) is 0 Å². The summed E-state index contributed by atoms with van der Waals surface area (Å²) in [5.41, 5.74) is -1.80. The Morgan fingerprint density at radius 2 is 1.88 bits per heavy atom. The van der Waals surface area contributed by atoms with E-state index in [0.29, 0.717) is 26.2 Å². The van der Waals surface area contributed by atoms with Crippen molar-refractivity contribution < 1.29 is 27.9 Å². The van der Waals surface area contributed by atoms with Crippen LogP contribution in [0.3, 0.4) is 0 Å². The molecule has 0 aromatic heterocycles. The Hall–Kier alpha value is -1.06. The summed E-state index contributed by atoms with van der Waals surface area (Å²) in [6.07, 6.45) is -3.23. The number of hydrogen-bond donors (Lipinski definition) is 3. The summed E-state index contributed by atoms with van der Waals surface area (Å²) in [5, 5.41) is 9.53. The number of nitrogens with two attached hydrogens (primary N) is 1. The van der Waals surface area contributed by atoms with Crippen LogP contribution in [-0.4, -0.2) is 46.7 Å². The molecule has 3 atom stereocenters. The summed E-state index contributed by atoms with van der Waals surface area (Å²) in [4.78, 5) is 25.0. The molecule has 10 heteroatoms. The van der Waals surface area contributed by atoms with Crippen molar-refractivity contribution in [2.24, 2.45) is 23.1 Å². The minimum atomic E-state index is -5.03. The first-order chi connectivity index (χ1) is 10.5. The average molecular weight is 374 g/mol. The molecule has 2 amide bonds. The van der Waals surface area contributed by atoms with Gasteiger partial charge >= 0.3 is 6.18 Å². The first-order valence-corrected chi connectivity index (χ1v) is 7.57. The number of halogens is 4. The van der Waals surface area contributed by atoms with Crippen LogP contribution in [-0.2, 0) is 9.59 Å². The fraction of sp³-hybridized carbons (Fsp3) is 0.857. The molecule has 2 aliphatic rings. The number of carbonyl (C=O) groups is 2. The molecule has 1 aliphatic carbocycles. The smallest absolute Gasteiger partial charge is 0.373 e. The molecule has 3 unspecified atom stereocenters. The maximum Gasteiger partial charge on any atom is 0.426 e. The van der Waals surface area contributed by atoms with Crippen molar-refractivity contribution in [3.63, 3.8) is 0 Å². The summed E-state index contributed by atoms with van der Waals surface area (Å²) < 4.78 is 38.4. The number of rotatable bonds is 3. The second-order valence-electron chi connectivity index (χ2n) is 6.82. The topological polar surface area (TPSA) is 95.7 Å². The SMILES string of the molecule is CC1CN(C(=O)C(C)(O)C(F)(F)F)CCC1C1(C(=O)NN)CC1.Cl. The number of alkyl halides is 3.